The molecule has 3 unspecified atom stereocenters. The van der Waals surface area contributed by atoms with Gasteiger partial charge in [0, 0.05) is 18.9 Å². The molecule has 1 heterocycles. The van der Waals surface area contributed by atoms with E-state index in [4.69, 9.17) is 24.1 Å². The number of rotatable bonds is 15. The van der Waals surface area contributed by atoms with Crippen molar-refractivity contribution in [1.82, 2.24) is 5.32 Å². The molecule has 3 atom stereocenters. The van der Waals surface area contributed by atoms with Crippen LogP contribution in [0.5, 0.6) is 11.5 Å². The summed E-state index contributed by atoms with van der Waals surface area (Å²) >= 11 is 0. The molecule has 3 N–H and O–H groups in total. The lowest BCUT2D eigenvalue weighted by molar-refractivity contribution is 0.0106. The van der Waals surface area contributed by atoms with Crippen LogP contribution in [0.4, 0.5) is 0 Å². The summed E-state index contributed by atoms with van der Waals surface area (Å²) in [5.41, 5.74) is 3.55. The van der Waals surface area contributed by atoms with E-state index in [1.54, 1.807) is 0 Å². The standard InChI is InChI=1S/C35H41NO6/c37-22-31(38)25-41-33-14-9-28-8-7-27(19-30(28)20-33)24-42-35-21-36-16-15-34(35)29-10-12-32(13-11-29)40-18-4-17-39-23-26-5-2-1-3-6-26/h1-3,5-14,19-20,31,34-38H,4,15-18,21-25H2. The minimum absolute atomic E-state index is 0.0537. The van der Waals surface area contributed by atoms with Gasteiger partial charge in [0.1, 0.15) is 24.2 Å². The van der Waals surface area contributed by atoms with Gasteiger partial charge in [0.15, 0.2) is 0 Å². The van der Waals surface area contributed by atoms with E-state index < -0.39 is 6.10 Å². The lowest BCUT2D eigenvalue weighted by Gasteiger charge is -2.32. The molecule has 7 nitrogen and oxygen atoms in total. The molecule has 0 aliphatic carbocycles. The van der Waals surface area contributed by atoms with Crippen LogP contribution in [-0.2, 0) is 22.7 Å². The third-order valence-electron chi connectivity index (χ3n) is 7.54. The van der Waals surface area contributed by atoms with Crippen molar-refractivity contribution in [1.29, 1.82) is 0 Å². The highest BCUT2D eigenvalue weighted by molar-refractivity contribution is 5.84. The Hall–Kier alpha value is -3.46. The van der Waals surface area contributed by atoms with Crippen molar-refractivity contribution in [2.45, 2.75) is 44.2 Å². The highest BCUT2D eigenvalue weighted by atomic mass is 16.5. The Morgan fingerprint density at radius 3 is 2.43 bits per heavy atom. The molecule has 4 aromatic rings. The molecule has 5 rings (SSSR count). The molecule has 42 heavy (non-hydrogen) atoms. The molecule has 0 aromatic heterocycles. The maximum Gasteiger partial charge on any atom is 0.120 e. The number of fused-ring (bicyclic) bond motifs is 1. The van der Waals surface area contributed by atoms with E-state index in [9.17, 15) is 5.11 Å². The van der Waals surface area contributed by atoms with Crippen molar-refractivity contribution in [3.8, 4) is 11.5 Å². The number of aliphatic hydroxyl groups is 2. The van der Waals surface area contributed by atoms with Crippen LogP contribution in [0.3, 0.4) is 0 Å². The topological polar surface area (TPSA) is 89.4 Å². The molecule has 1 aliphatic rings. The van der Waals surface area contributed by atoms with Crippen molar-refractivity contribution in [3.63, 3.8) is 0 Å². The van der Waals surface area contributed by atoms with Crippen LogP contribution in [-0.4, -0.2) is 61.9 Å². The van der Waals surface area contributed by atoms with E-state index in [1.165, 1.54) is 11.1 Å². The Bertz CT molecular complexity index is 1360. The van der Waals surface area contributed by atoms with Gasteiger partial charge in [-0.2, -0.15) is 0 Å². The Balaban J connectivity index is 1.10. The summed E-state index contributed by atoms with van der Waals surface area (Å²) in [7, 11) is 0. The van der Waals surface area contributed by atoms with Gasteiger partial charge in [-0.05, 0) is 70.8 Å². The zero-order valence-electron chi connectivity index (χ0n) is 24.0. The van der Waals surface area contributed by atoms with Crippen LogP contribution in [0.25, 0.3) is 10.8 Å². The Morgan fingerprint density at radius 1 is 0.786 bits per heavy atom. The van der Waals surface area contributed by atoms with Crippen LogP contribution >= 0.6 is 0 Å². The fourth-order valence-electron chi connectivity index (χ4n) is 5.22. The molecule has 222 valence electrons. The van der Waals surface area contributed by atoms with Crippen LogP contribution in [0, 0.1) is 0 Å². The fraction of sp³-hybridized carbons (Fsp3) is 0.371. The van der Waals surface area contributed by atoms with Gasteiger partial charge in [0.2, 0.25) is 0 Å². The first-order valence-corrected chi connectivity index (χ1v) is 14.8. The molecule has 0 spiro atoms. The number of piperidine rings is 1. The molecule has 1 aliphatic heterocycles. The average molecular weight is 572 g/mol. The van der Waals surface area contributed by atoms with Gasteiger partial charge in [-0.15, -0.1) is 0 Å². The number of hydrogen-bond acceptors (Lipinski definition) is 7. The maximum absolute atomic E-state index is 9.57. The molecule has 1 fully saturated rings. The van der Waals surface area contributed by atoms with Crippen molar-refractivity contribution >= 4 is 10.8 Å². The molecular weight excluding hydrogens is 530 g/mol. The normalized spacial score (nSPS) is 17.7. The van der Waals surface area contributed by atoms with Crippen molar-refractivity contribution in [2.75, 3.05) is 39.5 Å². The number of ether oxygens (including phenoxy) is 4. The van der Waals surface area contributed by atoms with Crippen LogP contribution in [0.2, 0.25) is 0 Å². The Labute approximate surface area is 248 Å². The summed E-state index contributed by atoms with van der Waals surface area (Å²) in [6, 6.07) is 30.8. The average Bonchev–Trinajstić information content (AvgIpc) is 3.05. The molecule has 4 aromatic carbocycles. The lowest BCUT2D eigenvalue weighted by Crippen LogP contribution is -2.40. The molecule has 0 radical (unpaired) electrons. The summed E-state index contributed by atoms with van der Waals surface area (Å²) in [6.45, 7) is 3.94. The van der Waals surface area contributed by atoms with Crippen LogP contribution < -0.4 is 14.8 Å². The molecule has 0 saturated carbocycles. The monoisotopic (exact) mass is 571 g/mol. The minimum Gasteiger partial charge on any atom is -0.494 e. The number of benzene rings is 4. The molecule has 7 heteroatoms. The van der Waals surface area contributed by atoms with Gasteiger partial charge in [-0.1, -0.05) is 60.7 Å². The largest absolute Gasteiger partial charge is 0.494 e. The second-order valence-electron chi connectivity index (χ2n) is 10.7. The molecule has 1 saturated heterocycles. The van der Waals surface area contributed by atoms with Gasteiger partial charge in [0.05, 0.1) is 39.1 Å². The number of hydrogen-bond donors (Lipinski definition) is 3. The predicted octanol–water partition coefficient (Wildman–Crippen LogP) is 5.22. The molecular formula is C35H41NO6. The molecule has 0 bridgehead atoms. The third-order valence-corrected chi connectivity index (χ3v) is 7.54. The third kappa shape index (κ3) is 8.77. The summed E-state index contributed by atoms with van der Waals surface area (Å²) in [4.78, 5) is 0. The van der Waals surface area contributed by atoms with Gasteiger partial charge >= 0.3 is 0 Å². The molecule has 0 amide bonds. The van der Waals surface area contributed by atoms with Gasteiger partial charge < -0.3 is 34.5 Å². The van der Waals surface area contributed by atoms with Gasteiger partial charge in [0.25, 0.3) is 0 Å². The number of nitrogens with one attached hydrogen (secondary N) is 1. The van der Waals surface area contributed by atoms with Crippen molar-refractivity contribution in [2.24, 2.45) is 0 Å². The first-order chi connectivity index (χ1) is 20.7. The van der Waals surface area contributed by atoms with E-state index in [1.807, 2.05) is 36.4 Å². The quantitative estimate of drug-likeness (QED) is 0.169. The second-order valence-corrected chi connectivity index (χ2v) is 10.7. The predicted molar refractivity (Wildman–Crippen MR) is 164 cm³/mol. The maximum atomic E-state index is 9.57. The highest BCUT2D eigenvalue weighted by Crippen LogP contribution is 2.30. The van der Waals surface area contributed by atoms with Gasteiger partial charge in [-0.25, -0.2) is 0 Å². The van der Waals surface area contributed by atoms with Crippen molar-refractivity contribution < 1.29 is 29.2 Å². The first kappa shape index (κ1) is 30.0. The van der Waals surface area contributed by atoms with E-state index in [0.717, 1.165) is 48.0 Å². The van der Waals surface area contributed by atoms with Gasteiger partial charge in [-0.3, -0.25) is 0 Å². The number of aliphatic hydroxyl groups excluding tert-OH is 2. The summed E-state index contributed by atoms with van der Waals surface area (Å²) in [6.07, 6.45) is 1.03. The summed E-state index contributed by atoms with van der Waals surface area (Å²) in [5.74, 6) is 1.84. The highest BCUT2D eigenvalue weighted by Gasteiger charge is 2.27. The smallest absolute Gasteiger partial charge is 0.120 e. The first-order valence-electron chi connectivity index (χ1n) is 14.8. The van der Waals surface area contributed by atoms with E-state index in [0.29, 0.717) is 38.1 Å². The Kier molecular flexibility index (Phi) is 11.2. The lowest BCUT2D eigenvalue weighted by atomic mass is 9.87. The minimum atomic E-state index is -0.892. The van der Waals surface area contributed by atoms with Crippen molar-refractivity contribution in [3.05, 3.63) is 108 Å². The Morgan fingerprint density at radius 2 is 1.60 bits per heavy atom. The van der Waals surface area contributed by atoms with Crippen LogP contribution in [0.15, 0.2) is 91.0 Å². The van der Waals surface area contributed by atoms with E-state index >= 15 is 0 Å². The zero-order valence-corrected chi connectivity index (χ0v) is 24.0. The fourth-order valence-corrected chi connectivity index (χ4v) is 5.22. The van der Waals surface area contributed by atoms with E-state index in [2.05, 4.69) is 59.9 Å². The van der Waals surface area contributed by atoms with Crippen LogP contribution in [0.1, 0.15) is 35.4 Å². The zero-order chi connectivity index (χ0) is 29.0. The summed E-state index contributed by atoms with van der Waals surface area (Å²) < 4.78 is 23.8. The second kappa shape index (κ2) is 15.7. The SMILES string of the molecule is OCC(O)COc1ccc2ccc(COC3CNCCC3c3ccc(OCCCOCc4ccccc4)cc3)cc2c1. The van der Waals surface area contributed by atoms with E-state index in [-0.39, 0.29) is 19.3 Å². The summed E-state index contributed by atoms with van der Waals surface area (Å²) in [5, 5.41) is 24.2.